The summed E-state index contributed by atoms with van der Waals surface area (Å²) in [4.78, 5) is 1.53. The predicted molar refractivity (Wildman–Crippen MR) is 93.5 cm³/mol. The molecule has 0 bridgehead atoms. The van der Waals surface area contributed by atoms with Crippen LogP contribution in [-0.2, 0) is 6.42 Å². The molecule has 0 radical (unpaired) electrons. The van der Waals surface area contributed by atoms with Crippen LogP contribution in [0.4, 0.5) is 0 Å². The topological polar surface area (TPSA) is 12.0 Å². The highest BCUT2D eigenvalue weighted by atomic mass is 79.9. The number of hydrogen-bond acceptors (Lipinski definition) is 2. The molecule has 0 saturated heterocycles. The molecule has 1 N–H and O–H groups in total. The molecule has 1 aliphatic carbocycles. The van der Waals surface area contributed by atoms with Crippen molar-refractivity contribution in [2.75, 3.05) is 13.6 Å². The minimum atomic E-state index is 0.470. The Hall–Kier alpha value is 0.140. The van der Waals surface area contributed by atoms with E-state index in [0.29, 0.717) is 10.8 Å². The van der Waals surface area contributed by atoms with Crippen molar-refractivity contribution in [1.29, 1.82) is 0 Å². The molecule has 1 heterocycles. The molecule has 20 heavy (non-hydrogen) atoms. The Labute approximate surface area is 136 Å². The van der Waals surface area contributed by atoms with E-state index in [1.165, 1.54) is 40.8 Å². The molecule has 0 aliphatic heterocycles. The van der Waals surface area contributed by atoms with E-state index in [4.69, 9.17) is 0 Å². The van der Waals surface area contributed by atoms with Crippen molar-refractivity contribution < 1.29 is 0 Å². The lowest BCUT2D eigenvalue weighted by atomic mass is 9.63. The van der Waals surface area contributed by atoms with Crippen LogP contribution in [0.15, 0.2) is 15.9 Å². The molecule has 1 fully saturated rings. The van der Waals surface area contributed by atoms with Gasteiger partial charge in [0.05, 0.1) is 3.79 Å². The minimum Gasteiger partial charge on any atom is -0.319 e. The number of thiophene rings is 1. The van der Waals surface area contributed by atoms with Gasteiger partial charge in [-0.1, -0.05) is 20.8 Å². The van der Waals surface area contributed by atoms with Crippen LogP contribution in [0, 0.1) is 16.7 Å². The van der Waals surface area contributed by atoms with Crippen LogP contribution < -0.4 is 5.32 Å². The third kappa shape index (κ3) is 4.08. The SMILES string of the molecule is CNCC1(Cc2ccc(Br)s2)CCC(C(C)(C)C)CC1. The molecular formula is C17H28BrNS. The Morgan fingerprint density at radius 2 is 1.95 bits per heavy atom. The van der Waals surface area contributed by atoms with Crippen molar-refractivity contribution in [2.24, 2.45) is 16.7 Å². The summed E-state index contributed by atoms with van der Waals surface area (Å²) in [6.07, 6.45) is 6.74. The van der Waals surface area contributed by atoms with E-state index in [2.05, 4.69) is 61.2 Å². The number of hydrogen-bond donors (Lipinski definition) is 1. The van der Waals surface area contributed by atoms with Gasteiger partial charge < -0.3 is 5.32 Å². The summed E-state index contributed by atoms with van der Waals surface area (Å²) in [5.41, 5.74) is 0.943. The maximum Gasteiger partial charge on any atom is 0.0701 e. The van der Waals surface area contributed by atoms with Crippen LogP contribution in [0.25, 0.3) is 0 Å². The second kappa shape index (κ2) is 6.50. The van der Waals surface area contributed by atoms with E-state index >= 15 is 0 Å². The second-order valence-corrected chi connectivity index (χ2v) is 10.1. The molecule has 0 spiro atoms. The van der Waals surface area contributed by atoms with Crippen molar-refractivity contribution >= 4 is 27.3 Å². The van der Waals surface area contributed by atoms with E-state index in [1.54, 1.807) is 0 Å². The van der Waals surface area contributed by atoms with Crippen molar-refractivity contribution in [3.8, 4) is 0 Å². The van der Waals surface area contributed by atoms with Crippen LogP contribution in [0.5, 0.6) is 0 Å². The molecule has 1 aromatic rings. The van der Waals surface area contributed by atoms with Crippen molar-refractivity contribution in [3.63, 3.8) is 0 Å². The fraction of sp³-hybridized carbons (Fsp3) is 0.765. The van der Waals surface area contributed by atoms with Crippen LogP contribution in [0.1, 0.15) is 51.3 Å². The molecule has 114 valence electrons. The standard InChI is InChI=1S/C17H28BrNS/c1-16(2,3)13-7-9-17(10-8-13,12-19-4)11-14-5-6-15(18)20-14/h5-6,13,19H,7-12H2,1-4H3. The van der Waals surface area contributed by atoms with E-state index in [1.807, 2.05) is 11.3 Å². The van der Waals surface area contributed by atoms with Crippen molar-refractivity contribution in [1.82, 2.24) is 5.32 Å². The van der Waals surface area contributed by atoms with Crippen LogP contribution in [0.2, 0.25) is 0 Å². The number of rotatable bonds is 4. The average molecular weight is 358 g/mol. The van der Waals surface area contributed by atoms with Crippen molar-refractivity contribution in [3.05, 3.63) is 20.8 Å². The maximum absolute atomic E-state index is 3.59. The molecule has 1 aliphatic rings. The molecule has 0 aromatic carbocycles. The average Bonchev–Trinajstić information content (AvgIpc) is 2.74. The fourth-order valence-corrected chi connectivity index (χ4v) is 5.36. The normalized spacial score (nSPS) is 27.8. The summed E-state index contributed by atoms with van der Waals surface area (Å²) < 4.78 is 1.26. The summed E-state index contributed by atoms with van der Waals surface area (Å²) >= 11 is 5.49. The van der Waals surface area contributed by atoms with Gasteiger partial charge >= 0.3 is 0 Å². The summed E-state index contributed by atoms with van der Waals surface area (Å²) in [7, 11) is 2.10. The first-order chi connectivity index (χ1) is 9.35. The van der Waals surface area contributed by atoms with Crippen molar-refractivity contribution in [2.45, 2.75) is 52.9 Å². The zero-order chi connectivity index (χ0) is 14.8. The molecule has 0 atom stereocenters. The first-order valence-corrected chi connectivity index (χ1v) is 9.34. The molecule has 1 nitrogen and oxygen atoms in total. The first-order valence-electron chi connectivity index (χ1n) is 7.73. The van der Waals surface area contributed by atoms with Gasteiger partial charge in [-0.15, -0.1) is 11.3 Å². The third-order valence-electron chi connectivity index (χ3n) is 5.00. The van der Waals surface area contributed by atoms with Crippen LogP contribution in [-0.4, -0.2) is 13.6 Å². The van der Waals surface area contributed by atoms with Gasteiger partial charge in [0, 0.05) is 11.4 Å². The lowest BCUT2D eigenvalue weighted by Crippen LogP contribution is -2.40. The first kappa shape index (κ1) is 16.5. The molecule has 1 saturated carbocycles. The fourth-order valence-electron chi connectivity index (χ4n) is 3.70. The summed E-state index contributed by atoms with van der Waals surface area (Å²) in [5.74, 6) is 0.891. The summed E-state index contributed by atoms with van der Waals surface area (Å²) in [6, 6.07) is 4.48. The lowest BCUT2D eigenvalue weighted by Gasteiger charge is -2.44. The Kier molecular flexibility index (Phi) is 5.36. The highest BCUT2D eigenvalue weighted by Gasteiger charge is 2.38. The second-order valence-electron chi connectivity index (χ2n) is 7.55. The summed E-state index contributed by atoms with van der Waals surface area (Å²) in [6.45, 7) is 8.36. The van der Waals surface area contributed by atoms with Gasteiger partial charge in [0.15, 0.2) is 0 Å². The predicted octanol–water partition coefficient (Wildman–Crippen LogP) is 5.50. The Balaban J connectivity index is 2.05. The van der Waals surface area contributed by atoms with Gasteiger partial charge in [-0.25, -0.2) is 0 Å². The van der Waals surface area contributed by atoms with Crippen LogP contribution in [0.3, 0.4) is 0 Å². The van der Waals surface area contributed by atoms with E-state index < -0.39 is 0 Å². The van der Waals surface area contributed by atoms with Gasteiger partial charge in [-0.05, 0) is 84.0 Å². The van der Waals surface area contributed by atoms with E-state index in [9.17, 15) is 0 Å². The molecule has 2 rings (SSSR count). The zero-order valence-corrected chi connectivity index (χ0v) is 15.7. The molecule has 3 heteroatoms. The Bertz CT molecular complexity index is 424. The Morgan fingerprint density at radius 1 is 1.30 bits per heavy atom. The number of nitrogens with one attached hydrogen (secondary N) is 1. The molecule has 0 amide bonds. The number of halogens is 1. The van der Waals surface area contributed by atoms with Gasteiger partial charge in [0.25, 0.3) is 0 Å². The molecular weight excluding hydrogens is 330 g/mol. The zero-order valence-electron chi connectivity index (χ0n) is 13.3. The quantitative estimate of drug-likeness (QED) is 0.750. The van der Waals surface area contributed by atoms with Gasteiger partial charge in [0.2, 0.25) is 0 Å². The highest BCUT2D eigenvalue weighted by Crippen LogP contribution is 2.47. The van der Waals surface area contributed by atoms with E-state index in [0.717, 1.165) is 12.5 Å². The maximum atomic E-state index is 3.59. The third-order valence-corrected chi connectivity index (χ3v) is 6.62. The lowest BCUT2D eigenvalue weighted by molar-refractivity contribution is 0.0882. The smallest absolute Gasteiger partial charge is 0.0701 e. The molecule has 1 aromatic heterocycles. The minimum absolute atomic E-state index is 0.470. The monoisotopic (exact) mass is 357 g/mol. The molecule has 0 unspecified atom stereocenters. The highest BCUT2D eigenvalue weighted by molar-refractivity contribution is 9.11. The van der Waals surface area contributed by atoms with E-state index in [-0.39, 0.29) is 0 Å². The Morgan fingerprint density at radius 3 is 2.40 bits per heavy atom. The van der Waals surface area contributed by atoms with Gasteiger partial charge in [0.1, 0.15) is 0 Å². The van der Waals surface area contributed by atoms with Gasteiger partial charge in [-0.3, -0.25) is 0 Å². The van der Waals surface area contributed by atoms with Crippen LogP contribution >= 0.6 is 27.3 Å². The summed E-state index contributed by atoms with van der Waals surface area (Å²) in [5, 5.41) is 3.45. The largest absolute Gasteiger partial charge is 0.319 e. The van der Waals surface area contributed by atoms with Gasteiger partial charge in [-0.2, -0.15) is 0 Å².